The van der Waals surface area contributed by atoms with Crippen molar-refractivity contribution in [2.24, 2.45) is 5.92 Å². The Morgan fingerprint density at radius 3 is 3.00 bits per heavy atom. The van der Waals surface area contributed by atoms with Gasteiger partial charge in [0.15, 0.2) is 10.9 Å². The van der Waals surface area contributed by atoms with E-state index in [9.17, 15) is 9.59 Å². The van der Waals surface area contributed by atoms with E-state index >= 15 is 0 Å². The topological polar surface area (TPSA) is 75.4 Å². The molecule has 2 aromatic heterocycles. The van der Waals surface area contributed by atoms with Gasteiger partial charge in [-0.15, -0.1) is 11.3 Å². The molecule has 1 atom stereocenters. The van der Waals surface area contributed by atoms with Crippen molar-refractivity contribution in [3.63, 3.8) is 0 Å². The van der Waals surface area contributed by atoms with Crippen LogP contribution in [-0.4, -0.2) is 23.3 Å². The van der Waals surface area contributed by atoms with Gasteiger partial charge in [0, 0.05) is 28.5 Å². The SMILES string of the molecule is O=C(Nc1nc(-c2ccco2)cs1)[C@@H]1CC(=O)N(c2cccc(Br)c2)C1. The summed E-state index contributed by atoms with van der Waals surface area (Å²) in [5, 5.41) is 5.13. The maximum atomic E-state index is 12.5. The first kappa shape index (κ1) is 17.0. The molecule has 1 aliphatic heterocycles. The average Bonchev–Trinajstić information content (AvgIpc) is 3.34. The van der Waals surface area contributed by atoms with Crippen LogP contribution in [0.25, 0.3) is 11.5 Å². The fourth-order valence-corrected chi connectivity index (χ4v) is 3.94. The molecule has 132 valence electrons. The third-order valence-corrected chi connectivity index (χ3v) is 5.37. The van der Waals surface area contributed by atoms with Crippen molar-refractivity contribution in [3.05, 3.63) is 52.5 Å². The summed E-state index contributed by atoms with van der Waals surface area (Å²) in [5.74, 6) is -0.00841. The molecule has 1 fully saturated rings. The van der Waals surface area contributed by atoms with E-state index in [1.54, 1.807) is 17.2 Å². The highest BCUT2D eigenvalue weighted by Crippen LogP contribution is 2.29. The summed E-state index contributed by atoms with van der Waals surface area (Å²) in [6.45, 7) is 0.359. The van der Waals surface area contributed by atoms with Gasteiger partial charge in [-0.1, -0.05) is 22.0 Å². The lowest BCUT2D eigenvalue weighted by Gasteiger charge is -2.16. The van der Waals surface area contributed by atoms with E-state index in [0.717, 1.165) is 10.2 Å². The van der Waals surface area contributed by atoms with Crippen LogP contribution in [0.3, 0.4) is 0 Å². The van der Waals surface area contributed by atoms with Crippen molar-refractivity contribution >= 4 is 49.9 Å². The third-order valence-electron chi connectivity index (χ3n) is 4.12. The number of nitrogens with one attached hydrogen (secondary N) is 1. The summed E-state index contributed by atoms with van der Waals surface area (Å²) < 4.78 is 6.19. The highest BCUT2D eigenvalue weighted by molar-refractivity contribution is 9.10. The number of carbonyl (C=O) groups is 2. The summed E-state index contributed by atoms with van der Waals surface area (Å²) in [5.41, 5.74) is 1.46. The molecule has 0 radical (unpaired) electrons. The minimum absolute atomic E-state index is 0.0568. The normalized spacial score (nSPS) is 16.9. The summed E-state index contributed by atoms with van der Waals surface area (Å²) in [7, 11) is 0. The molecule has 8 heteroatoms. The number of rotatable bonds is 4. The standard InChI is InChI=1S/C18H14BrN3O3S/c19-12-3-1-4-13(8-12)22-9-11(7-16(22)23)17(24)21-18-20-14(10-26-18)15-5-2-6-25-15/h1-6,8,10-11H,7,9H2,(H,20,21,24)/t11-/m1/s1. The van der Waals surface area contributed by atoms with Crippen LogP contribution < -0.4 is 10.2 Å². The van der Waals surface area contributed by atoms with Gasteiger partial charge in [-0.2, -0.15) is 0 Å². The molecule has 1 aliphatic rings. The number of amides is 2. The summed E-state index contributed by atoms with van der Waals surface area (Å²) in [6.07, 6.45) is 1.77. The molecule has 0 bridgehead atoms. The number of aromatic nitrogens is 1. The van der Waals surface area contributed by atoms with Crippen LogP contribution in [-0.2, 0) is 9.59 Å². The molecule has 0 unspecified atom stereocenters. The highest BCUT2D eigenvalue weighted by atomic mass is 79.9. The maximum Gasteiger partial charge on any atom is 0.231 e. The Kier molecular flexibility index (Phi) is 4.60. The van der Waals surface area contributed by atoms with Crippen LogP contribution in [0.4, 0.5) is 10.8 Å². The number of furan rings is 1. The van der Waals surface area contributed by atoms with Gasteiger partial charge < -0.3 is 14.6 Å². The van der Waals surface area contributed by atoms with Gasteiger partial charge in [-0.25, -0.2) is 4.98 Å². The molecular weight excluding hydrogens is 418 g/mol. The molecule has 0 spiro atoms. The second kappa shape index (κ2) is 7.05. The Labute approximate surface area is 162 Å². The van der Waals surface area contributed by atoms with E-state index in [0.29, 0.717) is 23.1 Å². The molecular formula is C18H14BrN3O3S. The molecule has 3 aromatic rings. The Morgan fingerprint density at radius 1 is 1.35 bits per heavy atom. The number of carbonyl (C=O) groups excluding carboxylic acids is 2. The van der Waals surface area contributed by atoms with Crippen molar-refractivity contribution in [1.82, 2.24) is 4.98 Å². The van der Waals surface area contributed by atoms with Crippen molar-refractivity contribution in [3.8, 4) is 11.5 Å². The smallest absolute Gasteiger partial charge is 0.231 e. The minimum Gasteiger partial charge on any atom is -0.463 e. The quantitative estimate of drug-likeness (QED) is 0.672. The first-order chi connectivity index (χ1) is 12.6. The number of nitrogens with zero attached hydrogens (tertiary/aromatic N) is 2. The summed E-state index contributed by atoms with van der Waals surface area (Å²) in [6, 6.07) is 11.1. The number of halogens is 1. The number of benzene rings is 1. The Hall–Kier alpha value is -2.45. The monoisotopic (exact) mass is 431 g/mol. The molecule has 26 heavy (non-hydrogen) atoms. The largest absolute Gasteiger partial charge is 0.463 e. The first-order valence-corrected chi connectivity index (χ1v) is 9.63. The van der Waals surface area contributed by atoms with Crippen LogP contribution in [0.5, 0.6) is 0 Å². The van der Waals surface area contributed by atoms with Crippen molar-refractivity contribution in [2.45, 2.75) is 6.42 Å². The minimum atomic E-state index is -0.405. The molecule has 0 saturated carbocycles. The first-order valence-electron chi connectivity index (χ1n) is 7.96. The van der Waals surface area contributed by atoms with Crippen LogP contribution in [0.15, 0.2) is 56.9 Å². The van der Waals surface area contributed by atoms with E-state index in [1.165, 1.54) is 11.3 Å². The number of thiazole rings is 1. The zero-order chi connectivity index (χ0) is 18.1. The van der Waals surface area contributed by atoms with Crippen molar-refractivity contribution < 1.29 is 14.0 Å². The van der Waals surface area contributed by atoms with Crippen molar-refractivity contribution in [2.75, 3.05) is 16.8 Å². The maximum absolute atomic E-state index is 12.5. The lowest BCUT2D eigenvalue weighted by Crippen LogP contribution is -2.28. The van der Waals surface area contributed by atoms with Gasteiger partial charge in [0.05, 0.1) is 12.2 Å². The molecule has 6 nitrogen and oxygen atoms in total. The number of hydrogen-bond acceptors (Lipinski definition) is 5. The van der Waals surface area contributed by atoms with Crippen LogP contribution >= 0.6 is 27.3 Å². The van der Waals surface area contributed by atoms with Crippen molar-refractivity contribution in [1.29, 1.82) is 0 Å². The average molecular weight is 432 g/mol. The van der Waals surface area contributed by atoms with Crippen LogP contribution in [0.2, 0.25) is 0 Å². The Balaban J connectivity index is 1.44. The van der Waals surface area contributed by atoms with Gasteiger partial charge >= 0.3 is 0 Å². The second-order valence-electron chi connectivity index (χ2n) is 5.89. The van der Waals surface area contributed by atoms with Gasteiger partial charge in [-0.3, -0.25) is 9.59 Å². The van der Waals surface area contributed by atoms with E-state index < -0.39 is 5.92 Å². The number of hydrogen-bond donors (Lipinski definition) is 1. The molecule has 0 aliphatic carbocycles. The van der Waals surface area contributed by atoms with E-state index in [4.69, 9.17) is 4.42 Å². The lowest BCUT2D eigenvalue weighted by atomic mass is 10.1. The molecule has 2 amide bonds. The van der Waals surface area contributed by atoms with Gasteiger partial charge in [0.1, 0.15) is 5.69 Å². The molecule has 1 N–H and O–H groups in total. The van der Waals surface area contributed by atoms with Crippen LogP contribution in [0.1, 0.15) is 6.42 Å². The molecule has 3 heterocycles. The van der Waals surface area contributed by atoms with Gasteiger partial charge in [-0.05, 0) is 30.3 Å². The zero-order valence-electron chi connectivity index (χ0n) is 13.5. The van der Waals surface area contributed by atoms with E-state index in [2.05, 4.69) is 26.2 Å². The third kappa shape index (κ3) is 3.42. The van der Waals surface area contributed by atoms with E-state index in [1.807, 2.05) is 35.7 Å². The van der Waals surface area contributed by atoms with Gasteiger partial charge in [0.2, 0.25) is 11.8 Å². The predicted octanol–water partition coefficient (Wildman–Crippen LogP) is 4.16. The Morgan fingerprint density at radius 2 is 2.23 bits per heavy atom. The fraction of sp³-hybridized carbons (Fsp3) is 0.167. The van der Waals surface area contributed by atoms with Gasteiger partial charge in [0.25, 0.3) is 0 Å². The molecule has 1 saturated heterocycles. The molecule has 1 aromatic carbocycles. The fourth-order valence-electron chi connectivity index (χ4n) is 2.85. The van der Waals surface area contributed by atoms with Crippen LogP contribution in [0, 0.1) is 5.92 Å². The van der Waals surface area contributed by atoms with E-state index in [-0.39, 0.29) is 18.2 Å². The second-order valence-corrected chi connectivity index (χ2v) is 7.66. The Bertz CT molecular complexity index is 954. The highest BCUT2D eigenvalue weighted by Gasteiger charge is 2.35. The summed E-state index contributed by atoms with van der Waals surface area (Å²) in [4.78, 5) is 30.9. The predicted molar refractivity (Wildman–Crippen MR) is 103 cm³/mol. The number of anilines is 2. The zero-order valence-corrected chi connectivity index (χ0v) is 15.9. The molecule has 4 rings (SSSR count). The summed E-state index contributed by atoms with van der Waals surface area (Å²) >= 11 is 4.73. The lowest BCUT2D eigenvalue weighted by molar-refractivity contribution is -0.122.